The molecule has 0 spiro atoms. The molecule has 0 fully saturated rings. The first-order chi connectivity index (χ1) is 9.15. The van der Waals surface area contributed by atoms with Crippen LogP contribution in [0.1, 0.15) is 20.3 Å². The number of hydrogen-bond donors (Lipinski definition) is 1. The van der Waals surface area contributed by atoms with Gasteiger partial charge < -0.3 is 5.32 Å². The predicted octanol–water partition coefficient (Wildman–Crippen LogP) is 2.38. The van der Waals surface area contributed by atoms with E-state index in [0.29, 0.717) is 16.7 Å². The van der Waals surface area contributed by atoms with Crippen molar-refractivity contribution in [2.24, 2.45) is 0 Å². The standard InChI is InChI=1S/C12H16BrN5O/c1-3-5-18-12(19)11(13)10(7-15-18)16-9-6-14-17(4-2)8-9/h6-8,16H,3-5H2,1-2H3. The summed E-state index contributed by atoms with van der Waals surface area (Å²) in [6.07, 6.45) is 6.11. The molecule has 0 aromatic carbocycles. The second kappa shape index (κ2) is 6.01. The minimum atomic E-state index is -0.130. The number of rotatable bonds is 5. The minimum Gasteiger partial charge on any atom is -0.351 e. The van der Waals surface area contributed by atoms with Crippen molar-refractivity contribution in [3.63, 3.8) is 0 Å². The summed E-state index contributed by atoms with van der Waals surface area (Å²) in [5, 5.41) is 11.4. The van der Waals surface area contributed by atoms with Crippen LogP contribution < -0.4 is 10.9 Å². The van der Waals surface area contributed by atoms with Crippen LogP contribution in [0.2, 0.25) is 0 Å². The van der Waals surface area contributed by atoms with Gasteiger partial charge in [0, 0.05) is 19.3 Å². The Kier molecular flexibility index (Phi) is 4.36. The molecule has 2 aromatic rings. The van der Waals surface area contributed by atoms with Crippen LogP contribution in [-0.2, 0) is 13.1 Å². The highest BCUT2D eigenvalue weighted by atomic mass is 79.9. The third kappa shape index (κ3) is 3.04. The monoisotopic (exact) mass is 325 g/mol. The van der Waals surface area contributed by atoms with E-state index in [1.54, 1.807) is 12.4 Å². The van der Waals surface area contributed by atoms with Gasteiger partial charge in [-0.3, -0.25) is 9.48 Å². The molecule has 0 unspecified atom stereocenters. The molecule has 2 heterocycles. The van der Waals surface area contributed by atoms with E-state index in [-0.39, 0.29) is 5.56 Å². The maximum Gasteiger partial charge on any atom is 0.283 e. The third-order valence-corrected chi connectivity index (χ3v) is 3.42. The van der Waals surface area contributed by atoms with Gasteiger partial charge in [-0.05, 0) is 29.3 Å². The number of halogens is 1. The van der Waals surface area contributed by atoms with Crippen LogP contribution in [0, 0.1) is 0 Å². The second-order valence-electron chi connectivity index (χ2n) is 4.11. The highest BCUT2D eigenvalue weighted by Gasteiger charge is 2.09. The minimum absolute atomic E-state index is 0.130. The van der Waals surface area contributed by atoms with Crippen LogP contribution in [-0.4, -0.2) is 19.6 Å². The summed E-state index contributed by atoms with van der Waals surface area (Å²) >= 11 is 3.32. The van der Waals surface area contributed by atoms with Crippen LogP contribution in [0.15, 0.2) is 27.9 Å². The molecule has 6 nitrogen and oxygen atoms in total. The average Bonchev–Trinajstić information content (AvgIpc) is 2.86. The number of nitrogens with one attached hydrogen (secondary N) is 1. The van der Waals surface area contributed by atoms with Gasteiger partial charge in [-0.1, -0.05) is 6.92 Å². The smallest absolute Gasteiger partial charge is 0.283 e. The molecule has 0 saturated heterocycles. The Morgan fingerprint density at radius 3 is 2.74 bits per heavy atom. The Hall–Kier alpha value is -1.63. The van der Waals surface area contributed by atoms with E-state index in [1.165, 1.54) is 4.68 Å². The van der Waals surface area contributed by atoms with Gasteiger partial charge in [0.1, 0.15) is 4.47 Å². The van der Waals surface area contributed by atoms with Crippen LogP contribution in [0.4, 0.5) is 11.4 Å². The molecule has 7 heteroatoms. The first-order valence-electron chi connectivity index (χ1n) is 6.20. The van der Waals surface area contributed by atoms with Crippen molar-refractivity contribution in [3.05, 3.63) is 33.4 Å². The fourth-order valence-electron chi connectivity index (χ4n) is 1.68. The molecule has 0 amide bonds. The highest BCUT2D eigenvalue weighted by molar-refractivity contribution is 9.10. The van der Waals surface area contributed by atoms with E-state index in [0.717, 1.165) is 18.7 Å². The van der Waals surface area contributed by atoms with Crippen LogP contribution in [0.25, 0.3) is 0 Å². The van der Waals surface area contributed by atoms with Crippen molar-refractivity contribution in [2.75, 3.05) is 5.32 Å². The molecular formula is C12H16BrN5O. The lowest BCUT2D eigenvalue weighted by atomic mass is 10.4. The van der Waals surface area contributed by atoms with Gasteiger partial charge in [-0.15, -0.1) is 0 Å². The van der Waals surface area contributed by atoms with Crippen molar-refractivity contribution in [1.29, 1.82) is 0 Å². The summed E-state index contributed by atoms with van der Waals surface area (Å²) in [6, 6.07) is 0. The summed E-state index contributed by atoms with van der Waals surface area (Å²) in [5.74, 6) is 0. The highest BCUT2D eigenvalue weighted by Crippen LogP contribution is 2.21. The first kappa shape index (κ1) is 13.8. The lowest BCUT2D eigenvalue weighted by Gasteiger charge is -2.08. The van der Waals surface area contributed by atoms with Crippen molar-refractivity contribution >= 4 is 27.3 Å². The lowest BCUT2D eigenvalue weighted by molar-refractivity contribution is 0.566. The maximum absolute atomic E-state index is 12.0. The fraction of sp³-hybridized carbons (Fsp3) is 0.417. The quantitative estimate of drug-likeness (QED) is 0.916. The van der Waals surface area contributed by atoms with E-state index in [2.05, 4.69) is 31.4 Å². The second-order valence-corrected chi connectivity index (χ2v) is 4.90. The van der Waals surface area contributed by atoms with Gasteiger partial charge in [-0.25, -0.2) is 4.68 Å². The zero-order valence-electron chi connectivity index (χ0n) is 10.9. The van der Waals surface area contributed by atoms with E-state index in [1.807, 2.05) is 24.7 Å². The number of aryl methyl sites for hydroxylation is 2. The topological polar surface area (TPSA) is 64.7 Å². The largest absolute Gasteiger partial charge is 0.351 e. The Labute approximate surface area is 119 Å². The molecule has 102 valence electrons. The molecule has 0 radical (unpaired) electrons. The third-order valence-electron chi connectivity index (χ3n) is 2.66. The maximum atomic E-state index is 12.0. The van der Waals surface area contributed by atoms with Crippen LogP contribution in [0.5, 0.6) is 0 Å². The molecule has 0 saturated carbocycles. The molecule has 0 atom stereocenters. The van der Waals surface area contributed by atoms with Gasteiger partial charge in [0.05, 0.1) is 23.8 Å². The SMILES string of the molecule is CCCn1ncc(Nc2cnn(CC)c2)c(Br)c1=O. The average molecular weight is 326 g/mol. The molecule has 1 N–H and O–H groups in total. The van der Waals surface area contributed by atoms with E-state index in [4.69, 9.17) is 0 Å². The van der Waals surface area contributed by atoms with Crippen LogP contribution in [0.3, 0.4) is 0 Å². The number of nitrogens with zero attached hydrogens (tertiary/aromatic N) is 4. The van der Waals surface area contributed by atoms with Crippen molar-refractivity contribution < 1.29 is 0 Å². The fourth-order valence-corrected chi connectivity index (χ4v) is 2.09. The van der Waals surface area contributed by atoms with Gasteiger partial charge in [0.15, 0.2) is 0 Å². The Bertz CT molecular complexity index is 619. The zero-order chi connectivity index (χ0) is 13.8. The molecule has 0 bridgehead atoms. The number of hydrogen-bond acceptors (Lipinski definition) is 4. The molecule has 0 aliphatic heterocycles. The van der Waals surface area contributed by atoms with E-state index < -0.39 is 0 Å². The summed E-state index contributed by atoms with van der Waals surface area (Å²) < 4.78 is 3.74. The van der Waals surface area contributed by atoms with Crippen molar-refractivity contribution in [3.8, 4) is 0 Å². The molecule has 0 aliphatic rings. The van der Waals surface area contributed by atoms with Crippen LogP contribution >= 0.6 is 15.9 Å². The molecular weight excluding hydrogens is 310 g/mol. The number of aromatic nitrogens is 4. The molecule has 2 aromatic heterocycles. The Morgan fingerprint density at radius 2 is 2.11 bits per heavy atom. The normalized spacial score (nSPS) is 10.7. The number of anilines is 2. The van der Waals surface area contributed by atoms with Gasteiger partial charge >= 0.3 is 0 Å². The van der Waals surface area contributed by atoms with E-state index >= 15 is 0 Å². The Morgan fingerprint density at radius 1 is 1.32 bits per heavy atom. The van der Waals surface area contributed by atoms with E-state index in [9.17, 15) is 4.79 Å². The zero-order valence-corrected chi connectivity index (χ0v) is 12.5. The van der Waals surface area contributed by atoms with Crippen molar-refractivity contribution in [1.82, 2.24) is 19.6 Å². The summed E-state index contributed by atoms with van der Waals surface area (Å²) in [6.45, 7) is 5.44. The lowest BCUT2D eigenvalue weighted by Crippen LogP contribution is -2.23. The summed E-state index contributed by atoms with van der Waals surface area (Å²) in [5.41, 5.74) is 1.35. The Balaban J connectivity index is 2.26. The molecule has 19 heavy (non-hydrogen) atoms. The molecule has 2 rings (SSSR count). The van der Waals surface area contributed by atoms with Gasteiger partial charge in [-0.2, -0.15) is 10.2 Å². The van der Waals surface area contributed by atoms with Gasteiger partial charge in [0.2, 0.25) is 0 Å². The molecule has 0 aliphatic carbocycles. The summed E-state index contributed by atoms with van der Waals surface area (Å²) in [7, 11) is 0. The predicted molar refractivity (Wildman–Crippen MR) is 77.7 cm³/mol. The first-order valence-corrected chi connectivity index (χ1v) is 7.00. The van der Waals surface area contributed by atoms with Crippen molar-refractivity contribution in [2.45, 2.75) is 33.4 Å². The summed E-state index contributed by atoms with van der Waals surface area (Å²) in [4.78, 5) is 12.0. The van der Waals surface area contributed by atoms with Gasteiger partial charge in [0.25, 0.3) is 5.56 Å².